The highest BCUT2D eigenvalue weighted by molar-refractivity contribution is 7.68. The van der Waals surface area contributed by atoms with E-state index in [1.54, 1.807) is 0 Å². The van der Waals surface area contributed by atoms with E-state index in [-0.39, 0.29) is 0 Å². The second-order valence-electron chi connectivity index (χ2n) is 7.78. The standard InChI is InChI=1S/C23H29OP/c1-18-10-8-15-21(18)22-16-9-17-23(22)24-25(19-11-4-2-5-12-19)20-13-6-3-7-14-20/h2-7,11-14,18,21-23H,8-10,15-17H2,1H3. The molecule has 2 aliphatic carbocycles. The van der Waals surface area contributed by atoms with E-state index >= 15 is 0 Å². The molecule has 0 saturated heterocycles. The van der Waals surface area contributed by atoms with Crippen LogP contribution in [0.4, 0.5) is 0 Å². The molecule has 0 spiro atoms. The Morgan fingerprint density at radius 1 is 0.720 bits per heavy atom. The summed E-state index contributed by atoms with van der Waals surface area (Å²) in [6.07, 6.45) is 8.64. The molecule has 2 aliphatic rings. The first kappa shape index (κ1) is 17.3. The lowest BCUT2D eigenvalue weighted by atomic mass is 9.82. The van der Waals surface area contributed by atoms with E-state index in [1.165, 1.54) is 49.1 Å². The van der Waals surface area contributed by atoms with Crippen LogP contribution in [0.1, 0.15) is 45.4 Å². The lowest BCUT2D eigenvalue weighted by molar-refractivity contribution is 0.122. The van der Waals surface area contributed by atoms with Crippen LogP contribution in [0.25, 0.3) is 0 Å². The predicted molar refractivity (Wildman–Crippen MR) is 108 cm³/mol. The van der Waals surface area contributed by atoms with Crippen molar-refractivity contribution in [2.24, 2.45) is 17.8 Å². The lowest BCUT2D eigenvalue weighted by Gasteiger charge is -2.31. The maximum atomic E-state index is 6.92. The van der Waals surface area contributed by atoms with Gasteiger partial charge in [0.25, 0.3) is 0 Å². The van der Waals surface area contributed by atoms with Crippen LogP contribution in [-0.4, -0.2) is 6.10 Å². The highest BCUT2D eigenvalue weighted by Gasteiger charge is 2.40. The Bertz CT molecular complexity index is 617. The molecule has 1 nitrogen and oxygen atoms in total. The van der Waals surface area contributed by atoms with Gasteiger partial charge >= 0.3 is 0 Å². The highest BCUT2D eigenvalue weighted by Crippen LogP contribution is 2.49. The van der Waals surface area contributed by atoms with E-state index < -0.39 is 8.15 Å². The summed E-state index contributed by atoms with van der Waals surface area (Å²) in [5.41, 5.74) is 0. The minimum absolute atomic E-state index is 0.442. The molecule has 2 heteroatoms. The third-order valence-electron chi connectivity index (χ3n) is 6.20. The van der Waals surface area contributed by atoms with Crippen LogP contribution in [0.2, 0.25) is 0 Å². The maximum absolute atomic E-state index is 6.92. The minimum atomic E-state index is -0.717. The summed E-state index contributed by atoms with van der Waals surface area (Å²) in [6, 6.07) is 21.7. The summed E-state index contributed by atoms with van der Waals surface area (Å²) in [5.74, 6) is 2.54. The Kier molecular flexibility index (Phi) is 5.54. The molecule has 0 N–H and O–H groups in total. The predicted octanol–water partition coefficient (Wildman–Crippen LogP) is 5.66. The van der Waals surface area contributed by atoms with Crippen LogP contribution >= 0.6 is 8.15 Å². The molecular weight excluding hydrogens is 323 g/mol. The smallest absolute Gasteiger partial charge is 0.0921 e. The van der Waals surface area contributed by atoms with Gasteiger partial charge in [-0.3, -0.25) is 0 Å². The molecule has 2 aromatic rings. The van der Waals surface area contributed by atoms with Crippen molar-refractivity contribution in [1.29, 1.82) is 0 Å². The van der Waals surface area contributed by atoms with Gasteiger partial charge in [-0.25, -0.2) is 0 Å². The van der Waals surface area contributed by atoms with E-state index in [2.05, 4.69) is 67.6 Å². The SMILES string of the molecule is CC1CCCC1C1CCCC1OP(c1ccccc1)c1ccccc1. The topological polar surface area (TPSA) is 9.23 Å². The molecule has 25 heavy (non-hydrogen) atoms. The molecule has 0 radical (unpaired) electrons. The summed E-state index contributed by atoms with van der Waals surface area (Å²) >= 11 is 0. The molecule has 2 saturated carbocycles. The quantitative estimate of drug-likeness (QED) is 0.631. The van der Waals surface area contributed by atoms with Crippen molar-refractivity contribution >= 4 is 18.8 Å². The van der Waals surface area contributed by atoms with Crippen LogP contribution in [-0.2, 0) is 4.52 Å². The van der Waals surface area contributed by atoms with Gasteiger partial charge in [0.15, 0.2) is 0 Å². The van der Waals surface area contributed by atoms with Gasteiger partial charge in [-0.15, -0.1) is 0 Å². The fourth-order valence-electron chi connectivity index (χ4n) is 4.92. The molecule has 0 bridgehead atoms. The van der Waals surface area contributed by atoms with Crippen molar-refractivity contribution in [3.63, 3.8) is 0 Å². The van der Waals surface area contributed by atoms with E-state index in [4.69, 9.17) is 4.52 Å². The summed E-state index contributed by atoms with van der Waals surface area (Å²) in [6.45, 7) is 2.46. The number of rotatable bonds is 5. The Morgan fingerprint density at radius 3 is 1.84 bits per heavy atom. The summed E-state index contributed by atoms with van der Waals surface area (Å²) < 4.78 is 6.92. The van der Waals surface area contributed by atoms with Crippen LogP contribution in [0.5, 0.6) is 0 Å². The number of hydrogen-bond donors (Lipinski definition) is 0. The third-order valence-corrected chi connectivity index (χ3v) is 8.22. The Balaban J connectivity index is 1.58. The average Bonchev–Trinajstić information content (AvgIpc) is 3.29. The first-order chi connectivity index (χ1) is 12.3. The molecule has 4 rings (SSSR count). The monoisotopic (exact) mass is 352 g/mol. The minimum Gasteiger partial charge on any atom is -0.346 e. The molecule has 0 aromatic heterocycles. The zero-order valence-corrected chi connectivity index (χ0v) is 16.1. The summed E-state index contributed by atoms with van der Waals surface area (Å²) in [5, 5.41) is 2.68. The van der Waals surface area contributed by atoms with Gasteiger partial charge in [-0.2, -0.15) is 0 Å². The first-order valence-corrected chi connectivity index (χ1v) is 11.2. The Labute approximate surface area is 153 Å². The molecule has 0 aliphatic heterocycles. The first-order valence-electron chi connectivity index (χ1n) is 9.90. The summed E-state index contributed by atoms with van der Waals surface area (Å²) in [4.78, 5) is 0. The van der Waals surface area contributed by atoms with Crippen LogP contribution in [0.3, 0.4) is 0 Å². The van der Waals surface area contributed by atoms with Gasteiger partial charge in [-0.1, -0.05) is 86.8 Å². The fraction of sp³-hybridized carbons (Fsp3) is 0.478. The average molecular weight is 352 g/mol. The largest absolute Gasteiger partial charge is 0.346 e. The molecule has 0 amide bonds. The van der Waals surface area contributed by atoms with Crippen LogP contribution in [0, 0.1) is 17.8 Å². The molecule has 132 valence electrons. The van der Waals surface area contributed by atoms with E-state index in [1.807, 2.05) is 0 Å². The van der Waals surface area contributed by atoms with Gasteiger partial charge < -0.3 is 4.52 Å². The van der Waals surface area contributed by atoms with Crippen LogP contribution < -0.4 is 10.6 Å². The normalized spacial score (nSPS) is 29.4. The van der Waals surface area contributed by atoms with Gasteiger partial charge in [0, 0.05) is 10.6 Å². The zero-order valence-electron chi connectivity index (χ0n) is 15.2. The van der Waals surface area contributed by atoms with Crippen molar-refractivity contribution in [3.8, 4) is 0 Å². The Hall–Kier alpha value is -1.17. The van der Waals surface area contributed by atoms with Gasteiger partial charge in [0.2, 0.25) is 0 Å². The molecule has 2 aromatic carbocycles. The van der Waals surface area contributed by atoms with Crippen molar-refractivity contribution in [1.82, 2.24) is 0 Å². The van der Waals surface area contributed by atoms with E-state index in [9.17, 15) is 0 Å². The van der Waals surface area contributed by atoms with Gasteiger partial charge in [0.05, 0.1) is 14.3 Å². The fourth-order valence-corrected chi connectivity index (χ4v) is 6.88. The zero-order chi connectivity index (χ0) is 17.1. The number of hydrogen-bond acceptors (Lipinski definition) is 1. The van der Waals surface area contributed by atoms with E-state index in [0.29, 0.717) is 6.10 Å². The molecular formula is C23H29OP. The number of benzene rings is 2. The van der Waals surface area contributed by atoms with Crippen molar-refractivity contribution in [3.05, 3.63) is 60.7 Å². The summed E-state index contributed by atoms with van der Waals surface area (Å²) in [7, 11) is -0.717. The van der Waals surface area contributed by atoms with Gasteiger partial charge in [-0.05, 0) is 37.0 Å². The molecule has 0 heterocycles. The van der Waals surface area contributed by atoms with E-state index in [0.717, 1.165) is 17.8 Å². The molecule has 4 unspecified atom stereocenters. The van der Waals surface area contributed by atoms with Crippen LogP contribution in [0.15, 0.2) is 60.7 Å². The van der Waals surface area contributed by atoms with Gasteiger partial charge in [0.1, 0.15) is 0 Å². The second kappa shape index (κ2) is 8.02. The lowest BCUT2D eigenvalue weighted by Crippen LogP contribution is -2.28. The second-order valence-corrected chi connectivity index (χ2v) is 9.61. The van der Waals surface area contributed by atoms with Crippen molar-refractivity contribution in [2.45, 2.75) is 51.6 Å². The molecule has 4 atom stereocenters. The van der Waals surface area contributed by atoms with Crippen molar-refractivity contribution < 1.29 is 4.52 Å². The maximum Gasteiger partial charge on any atom is 0.0921 e. The third kappa shape index (κ3) is 3.83. The highest BCUT2D eigenvalue weighted by atomic mass is 31.1. The molecule has 2 fully saturated rings. The van der Waals surface area contributed by atoms with Crippen molar-refractivity contribution in [2.75, 3.05) is 0 Å². The Morgan fingerprint density at radius 2 is 1.28 bits per heavy atom.